The number of nitrogens with zero attached hydrogens (tertiary/aromatic N) is 4. The first-order valence-corrected chi connectivity index (χ1v) is 9.91. The Bertz CT molecular complexity index is 1290. The van der Waals surface area contributed by atoms with Gasteiger partial charge in [-0.2, -0.15) is 5.10 Å². The molecule has 11 heteroatoms. The molecular weight excluding hydrogens is 414 g/mol. The molecule has 0 spiro atoms. The number of thiophene rings is 1. The van der Waals surface area contributed by atoms with Crippen LogP contribution in [0.3, 0.4) is 0 Å². The van der Waals surface area contributed by atoms with Crippen molar-refractivity contribution in [3.8, 4) is 0 Å². The molecule has 1 saturated carbocycles. The van der Waals surface area contributed by atoms with Gasteiger partial charge < -0.3 is 11.1 Å². The molecule has 30 heavy (non-hydrogen) atoms. The van der Waals surface area contributed by atoms with E-state index in [4.69, 9.17) is 5.73 Å². The lowest BCUT2D eigenvalue weighted by atomic mass is 10.0. The highest BCUT2D eigenvalue weighted by Gasteiger charge is 2.32. The summed E-state index contributed by atoms with van der Waals surface area (Å²) >= 11 is 0.893. The van der Waals surface area contributed by atoms with Crippen molar-refractivity contribution in [2.24, 2.45) is 5.73 Å². The normalized spacial score (nSPS) is 14.0. The smallest absolute Gasteiger partial charge is 0.280 e. The summed E-state index contributed by atoms with van der Waals surface area (Å²) in [5.41, 5.74) is 6.56. The topological polar surface area (TPSA) is 115 Å². The van der Waals surface area contributed by atoms with Crippen LogP contribution in [0.2, 0.25) is 0 Å². The predicted molar refractivity (Wildman–Crippen MR) is 106 cm³/mol. The number of halogens is 2. The first-order chi connectivity index (χ1) is 14.4. The first kappa shape index (κ1) is 18.6. The van der Waals surface area contributed by atoms with Gasteiger partial charge >= 0.3 is 0 Å². The van der Waals surface area contributed by atoms with Gasteiger partial charge in [0.1, 0.15) is 15.4 Å². The summed E-state index contributed by atoms with van der Waals surface area (Å²) in [6.07, 6.45) is 2.17. The van der Waals surface area contributed by atoms with Gasteiger partial charge in [-0.3, -0.25) is 9.59 Å². The fourth-order valence-electron chi connectivity index (χ4n) is 3.39. The Balaban J connectivity index is 1.64. The number of pyridine rings is 1. The molecule has 1 aliphatic rings. The number of hydrogen-bond acceptors (Lipinski definition) is 6. The van der Waals surface area contributed by atoms with Gasteiger partial charge in [0.15, 0.2) is 11.3 Å². The average molecular weight is 428 g/mol. The number of rotatable bonds is 5. The summed E-state index contributed by atoms with van der Waals surface area (Å²) in [7, 11) is 0. The van der Waals surface area contributed by atoms with Gasteiger partial charge in [0.2, 0.25) is 0 Å². The Hall–Kier alpha value is -3.47. The highest BCUT2D eigenvalue weighted by Crippen LogP contribution is 2.48. The van der Waals surface area contributed by atoms with Crippen LogP contribution >= 0.6 is 11.3 Å². The molecule has 8 nitrogen and oxygen atoms in total. The van der Waals surface area contributed by atoms with Gasteiger partial charge in [-0.25, -0.2) is 23.3 Å². The third-order valence-electron chi connectivity index (χ3n) is 4.88. The Morgan fingerprint density at radius 3 is 2.77 bits per heavy atom. The predicted octanol–water partition coefficient (Wildman–Crippen LogP) is 3.51. The second-order valence-electron chi connectivity index (χ2n) is 6.97. The molecule has 0 bridgehead atoms. The summed E-state index contributed by atoms with van der Waals surface area (Å²) < 4.78 is 28.1. The zero-order valence-corrected chi connectivity index (χ0v) is 16.1. The number of fused-ring (bicyclic) bond motifs is 2. The third-order valence-corrected chi connectivity index (χ3v) is 5.98. The molecule has 0 saturated heterocycles. The van der Waals surface area contributed by atoms with Crippen LogP contribution < -0.4 is 11.1 Å². The molecular formula is C19H14F2N6O2S. The minimum Gasteiger partial charge on any atom is -0.365 e. The summed E-state index contributed by atoms with van der Waals surface area (Å²) in [5, 5.41) is 7.36. The second kappa shape index (κ2) is 6.80. The van der Waals surface area contributed by atoms with E-state index in [0.29, 0.717) is 16.6 Å². The van der Waals surface area contributed by atoms with Crippen molar-refractivity contribution in [1.82, 2.24) is 19.6 Å². The Morgan fingerprint density at radius 2 is 2.10 bits per heavy atom. The summed E-state index contributed by atoms with van der Waals surface area (Å²) in [5.74, 6) is -1.26. The molecule has 152 valence electrons. The number of primary amides is 1. The molecule has 0 aliphatic heterocycles. The molecule has 3 N–H and O–H groups in total. The number of nitrogens with two attached hydrogens (primary N) is 1. The standard InChI is InChI=1S/C19H14F2N6O2S/c20-16(21)10-6-9(8-2-3-8)13-14(15(17(22)28)30-19(13)24-10)25-18(29)11-7-12-23-4-1-5-27(12)26-11/h1,4-8,16H,2-3H2,(H2,22,28)(H,25,29). The summed E-state index contributed by atoms with van der Waals surface area (Å²) in [6, 6.07) is 4.53. The average Bonchev–Trinajstić information content (AvgIpc) is 3.36. The van der Waals surface area contributed by atoms with E-state index in [1.165, 1.54) is 16.6 Å². The van der Waals surface area contributed by atoms with E-state index in [-0.39, 0.29) is 32.7 Å². The molecule has 0 unspecified atom stereocenters. The number of anilines is 1. The van der Waals surface area contributed by atoms with E-state index >= 15 is 0 Å². The van der Waals surface area contributed by atoms with Crippen LogP contribution in [0.15, 0.2) is 30.6 Å². The number of alkyl halides is 2. The zero-order valence-electron chi connectivity index (χ0n) is 15.3. The largest absolute Gasteiger partial charge is 0.365 e. The molecule has 4 heterocycles. The molecule has 0 atom stereocenters. The highest BCUT2D eigenvalue weighted by molar-refractivity contribution is 7.21. The fraction of sp³-hybridized carbons (Fsp3) is 0.211. The maximum Gasteiger partial charge on any atom is 0.280 e. The van der Waals surface area contributed by atoms with Gasteiger partial charge in [0, 0.05) is 23.8 Å². The minimum absolute atomic E-state index is 0.0565. The Labute approximate surface area is 171 Å². The van der Waals surface area contributed by atoms with Crippen LogP contribution in [-0.4, -0.2) is 31.4 Å². The van der Waals surface area contributed by atoms with E-state index in [1.54, 1.807) is 18.5 Å². The van der Waals surface area contributed by atoms with Gasteiger partial charge in [-0.15, -0.1) is 11.3 Å². The molecule has 0 aromatic carbocycles. The van der Waals surface area contributed by atoms with E-state index in [2.05, 4.69) is 20.4 Å². The van der Waals surface area contributed by atoms with Gasteiger partial charge in [0.25, 0.3) is 18.2 Å². The Morgan fingerprint density at radius 1 is 1.30 bits per heavy atom. The second-order valence-corrected chi connectivity index (χ2v) is 7.97. The minimum atomic E-state index is -2.74. The molecule has 4 aromatic rings. The van der Waals surface area contributed by atoms with Gasteiger partial charge in [0.05, 0.1) is 5.69 Å². The summed E-state index contributed by atoms with van der Waals surface area (Å²) in [6.45, 7) is 0. The van der Waals surface area contributed by atoms with E-state index in [1.807, 2.05) is 0 Å². The van der Waals surface area contributed by atoms with Crippen molar-refractivity contribution in [2.45, 2.75) is 25.2 Å². The van der Waals surface area contributed by atoms with Crippen molar-refractivity contribution in [3.05, 3.63) is 52.4 Å². The summed E-state index contributed by atoms with van der Waals surface area (Å²) in [4.78, 5) is 33.3. The van der Waals surface area contributed by atoms with Crippen molar-refractivity contribution in [3.63, 3.8) is 0 Å². The van der Waals surface area contributed by atoms with Crippen molar-refractivity contribution in [1.29, 1.82) is 0 Å². The van der Waals surface area contributed by atoms with Crippen LogP contribution in [-0.2, 0) is 0 Å². The van der Waals surface area contributed by atoms with E-state index in [9.17, 15) is 18.4 Å². The number of carbonyl (C=O) groups is 2. The fourth-order valence-corrected chi connectivity index (χ4v) is 4.41. The lowest BCUT2D eigenvalue weighted by molar-refractivity contribution is 0.100. The maximum atomic E-state index is 13.3. The van der Waals surface area contributed by atoms with E-state index in [0.717, 1.165) is 24.2 Å². The van der Waals surface area contributed by atoms with E-state index < -0.39 is 18.2 Å². The highest BCUT2D eigenvalue weighted by atomic mass is 32.1. The molecule has 4 aromatic heterocycles. The lowest BCUT2D eigenvalue weighted by Crippen LogP contribution is -2.17. The number of amides is 2. The van der Waals surface area contributed by atoms with Crippen LogP contribution in [0.5, 0.6) is 0 Å². The van der Waals surface area contributed by atoms with Crippen LogP contribution in [0.1, 0.15) is 56.6 Å². The van der Waals surface area contributed by atoms with Crippen LogP contribution in [0.4, 0.5) is 14.5 Å². The van der Waals surface area contributed by atoms with Crippen molar-refractivity contribution < 1.29 is 18.4 Å². The third kappa shape index (κ3) is 3.07. The number of aromatic nitrogens is 4. The lowest BCUT2D eigenvalue weighted by Gasteiger charge is -2.09. The van der Waals surface area contributed by atoms with Gasteiger partial charge in [-0.05, 0) is 36.5 Å². The quantitative estimate of drug-likeness (QED) is 0.505. The van der Waals surface area contributed by atoms with Gasteiger partial charge in [-0.1, -0.05) is 0 Å². The Kier molecular flexibility index (Phi) is 4.21. The first-order valence-electron chi connectivity index (χ1n) is 9.09. The zero-order chi connectivity index (χ0) is 21.0. The number of hydrogen-bond donors (Lipinski definition) is 2. The molecule has 2 amide bonds. The molecule has 1 aliphatic carbocycles. The molecule has 0 radical (unpaired) electrons. The molecule has 5 rings (SSSR count). The van der Waals surface area contributed by atoms with Crippen molar-refractivity contribution in [2.75, 3.05) is 5.32 Å². The SMILES string of the molecule is NC(=O)c1sc2nc(C(F)F)cc(C3CC3)c2c1NC(=O)c1cc2ncccn2n1. The van der Waals surface area contributed by atoms with Crippen LogP contribution in [0, 0.1) is 0 Å². The number of nitrogens with one attached hydrogen (secondary N) is 1. The molecule has 1 fully saturated rings. The van der Waals surface area contributed by atoms with Crippen LogP contribution in [0.25, 0.3) is 15.9 Å². The monoisotopic (exact) mass is 428 g/mol. The maximum absolute atomic E-state index is 13.3. The number of carbonyl (C=O) groups excluding carboxylic acids is 2. The van der Waals surface area contributed by atoms with Crippen molar-refractivity contribution >= 4 is 44.7 Å².